The van der Waals surface area contributed by atoms with E-state index in [1.165, 1.54) is 32.4 Å². The molecule has 2 fully saturated rings. The van der Waals surface area contributed by atoms with Crippen LogP contribution in [-0.2, 0) is 0 Å². The average Bonchev–Trinajstić information content (AvgIpc) is 2.97. The molecule has 2 unspecified atom stereocenters. The topological polar surface area (TPSA) is 42.3 Å². The van der Waals surface area contributed by atoms with Crippen molar-refractivity contribution < 1.29 is 0 Å². The third-order valence-corrected chi connectivity index (χ3v) is 4.30. The molecule has 0 aliphatic carbocycles. The molecular weight excluding hydrogens is 236 g/mol. The molecule has 0 radical (unpaired) electrons. The lowest BCUT2D eigenvalue weighted by atomic mass is 10.0. The Morgan fingerprint density at radius 2 is 2.00 bits per heavy atom. The second-order valence-corrected chi connectivity index (χ2v) is 6.66. The first-order valence-electron chi connectivity index (χ1n) is 7.68. The van der Waals surface area contributed by atoms with Gasteiger partial charge in [-0.15, -0.1) is 0 Å². The third-order valence-electron chi connectivity index (χ3n) is 4.30. The highest BCUT2D eigenvalue weighted by Gasteiger charge is 2.34. The highest BCUT2D eigenvalue weighted by Crippen LogP contribution is 2.21. The molecule has 1 N–H and O–H groups in total. The van der Waals surface area contributed by atoms with Crippen LogP contribution in [0.15, 0.2) is 0 Å². The zero-order valence-electron chi connectivity index (χ0n) is 12.7. The van der Waals surface area contributed by atoms with Crippen LogP contribution in [-0.4, -0.2) is 60.1 Å². The summed E-state index contributed by atoms with van der Waals surface area (Å²) >= 11 is 0. The summed E-state index contributed by atoms with van der Waals surface area (Å²) < 4.78 is 0. The van der Waals surface area contributed by atoms with Gasteiger partial charge in [0.15, 0.2) is 0 Å². The van der Waals surface area contributed by atoms with Crippen molar-refractivity contribution in [1.82, 2.24) is 15.1 Å². The lowest BCUT2D eigenvalue weighted by Gasteiger charge is -2.31. The van der Waals surface area contributed by atoms with Crippen molar-refractivity contribution in [2.45, 2.75) is 57.7 Å². The predicted octanol–water partition coefficient (Wildman–Crippen LogP) is 1.44. The predicted molar refractivity (Wildman–Crippen MR) is 77.9 cm³/mol. The lowest BCUT2D eigenvalue weighted by molar-refractivity contribution is 0.210. The molecule has 2 aliphatic rings. The molecule has 0 amide bonds. The van der Waals surface area contributed by atoms with Gasteiger partial charge in [-0.2, -0.15) is 5.26 Å². The number of hydrogen-bond donors (Lipinski definition) is 1. The normalized spacial score (nSPS) is 28.7. The largest absolute Gasteiger partial charge is 0.299 e. The zero-order valence-corrected chi connectivity index (χ0v) is 12.7. The number of nitrogens with zero attached hydrogens (tertiary/aromatic N) is 3. The molecule has 0 spiro atoms. The Hall–Kier alpha value is -0.630. The van der Waals surface area contributed by atoms with Gasteiger partial charge in [-0.3, -0.25) is 15.1 Å². The minimum Gasteiger partial charge on any atom is -0.299 e. The van der Waals surface area contributed by atoms with Crippen LogP contribution in [0.4, 0.5) is 0 Å². The van der Waals surface area contributed by atoms with Gasteiger partial charge in [-0.05, 0) is 59.7 Å². The summed E-state index contributed by atoms with van der Waals surface area (Å²) in [7, 11) is 0. The molecular formula is C15H28N4. The van der Waals surface area contributed by atoms with Crippen molar-refractivity contribution in [3.05, 3.63) is 0 Å². The van der Waals surface area contributed by atoms with Crippen LogP contribution >= 0.6 is 0 Å². The smallest absolute Gasteiger partial charge is 0.116 e. The maximum absolute atomic E-state index is 9.42. The molecule has 2 atom stereocenters. The van der Waals surface area contributed by atoms with Crippen LogP contribution in [0.5, 0.6) is 0 Å². The van der Waals surface area contributed by atoms with Gasteiger partial charge in [0.25, 0.3) is 0 Å². The number of rotatable bonds is 5. The highest BCUT2D eigenvalue weighted by molar-refractivity contribution is 5.07. The van der Waals surface area contributed by atoms with Gasteiger partial charge in [-0.25, -0.2) is 0 Å². The number of nitriles is 1. The Morgan fingerprint density at radius 3 is 2.58 bits per heavy atom. The summed E-state index contributed by atoms with van der Waals surface area (Å²) in [6, 6.07) is 3.53. The molecule has 2 aliphatic heterocycles. The summed E-state index contributed by atoms with van der Waals surface area (Å²) in [5.41, 5.74) is -0.423. The van der Waals surface area contributed by atoms with Crippen molar-refractivity contribution >= 4 is 0 Å². The van der Waals surface area contributed by atoms with Crippen LogP contribution < -0.4 is 5.32 Å². The molecule has 0 aromatic carbocycles. The second kappa shape index (κ2) is 6.21. The van der Waals surface area contributed by atoms with E-state index in [4.69, 9.17) is 0 Å². The average molecular weight is 264 g/mol. The van der Waals surface area contributed by atoms with Gasteiger partial charge < -0.3 is 0 Å². The van der Waals surface area contributed by atoms with Crippen LogP contribution in [0.3, 0.4) is 0 Å². The molecule has 0 bridgehead atoms. The molecule has 4 heteroatoms. The fourth-order valence-electron chi connectivity index (χ4n) is 3.56. The summed E-state index contributed by atoms with van der Waals surface area (Å²) in [6.45, 7) is 11.9. The summed E-state index contributed by atoms with van der Waals surface area (Å²) in [6.07, 6.45) is 3.99. The van der Waals surface area contributed by atoms with E-state index in [1.807, 2.05) is 6.92 Å². The first-order chi connectivity index (χ1) is 9.02. The van der Waals surface area contributed by atoms with Crippen molar-refractivity contribution in [3.63, 3.8) is 0 Å². The summed E-state index contributed by atoms with van der Waals surface area (Å²) in [5, 5.41) is 12.8. The van der Waals surface area contributed by atoms with Crippen LogP contribution in [0.1, 0.15) is 40.0 Å². The van der Waals surface area contributed by atoms with Crippen molar-refractivity contribution in [3.8, 4) is 6.07 Å². The van der Waals surface area contributed by atoms with Gasteiger partial charge in [0, 0.05) is 25.2 Å². The number of nitrogens with one attached hydrogen (secondary N) is 1. The van der Waals surface area contributed by atoms with Crippen molar-refractivity contribution in [1.29, 1.82) is 5.26 Å². The number of likely N-dealkylation sites (tertiary alicyclic amines) is 2. The Bertz CT molecular complexity index is 330. The Balaban J connectivity index is 1.85. The molecule has 0 aromatic rings. The minimum atomic E-state index is -0.423. The maximum atomic E-state index is 9.42. The minimum absolute atomic E-state index is 0.349. The van der Waals surface area contributed by atoms with Crippen molar-refractivity contribution in [2.75, 3.05) is 32.7 Å². The fraction of sp³-hybridized carbons (Fsp3) is 0.933. The quantitative estimate of drug-likeness (QED) is 0.816. The second-order valence-electron chi connectivity index (χ2n) is 6.66. The van der Waals surface area contributed by atoms with E-state index in [0.29, 0.717) is 6.04 Å². The van der Waals surface area contributed by atoms with E-state index in [9.17, 15) is 5.26 Å². The molecule has 2 rings (SSSR count). The lowest BCUT2D eigenvalue weighted by Crippen LogP contribution is -2.52. The van der Waals surface area contributed by atoms with Gasteiger partial charge >= 0.3 is 0 Å². The molecule has 108 valence electrons. The molecule has 19 heavy (non-hydrogen) atoms. The standard InChI is InChI=1S/C15H28N4/c1-13(2)17-15(3,11-16)12-18-9-6-14(10-18)19-7-4-5-8-19/h13-14,17H,4-10,12H2,1-3H3. The van der Waals surface area contributed by atoms with Crippen LogP contribution in [0.25, 0.3) is 0 Å². The SMILES string of the molecule is CC(C)NC(C)(C#N)CN1CCC(N2CCCC2)C1. The molecule has 0 saturated carbocycles. The zero-order chi connectivity index (χ0) is 13.9. The number of hydrogen-bond acceptors (Lipinski definition) is 4. The van der Waals surface area contributed by atoms with Crippen LogP contribution in [0.2, 0.25) is 0 Å². The first kappa shape index (κ1) is 14.8. The molecule has 0 aromatic heterocycles. The maximum Gasteiger partial charge on any atom is 0.116 e. The molecule has 4 nitrogen and oxygen atoms in total. The van der Waals surface area contributed by atoms with E-state index in [-0.39, 0.29) is 0 Å². The van der Waals surface area contributed by atoms with E-state index in [0.717, 1.165) is 25.7 Å². The summed E-state index contributed by atoms with van der Waals surface area (Å²) in [5.74, 6) is 0. The fourth-order valence-corrected chi connectivity index (χ4v) is 3.56. The van der Waals surface area contributed by atoms with Crippen LogP contribution in [0, 0.1) is 11.3 Å². The van der Waals surface area contributed by atoms with E-state index in [2.05, 4.69) is 35.0 Å². The van der Waals surface area contributed by atoms with Gasteiger partial charge in [-0.1, -0.05) is 0 Å². The monoisotopic (exact) mass is 264 g/mol. The first-order valence-corrected chi connectivity index (χ1v) is 7.68. The summed E-state index contributed by atoms with van der Waals surface area (Å²) in [4.78, 5) is 5.10. The molecule has 2 saturated heterocycles. The van der Waals surface area contributed by atoms with E-state index < -0.39 is 5.54 Å². The van der Waals surface area contributed by atoms with Crippen molar-refractivity contribution in [2.24, 2.45) is 0 Å². The van der Waals surface area contributed by atoms with E-state index >= 15 is 0 Å². The van der Waals surface area contributed by atoms with Gasteiger partial charge in [0.05, 0.1) is 6.07 Å². The Kier molecular flexibility index (Phi) is 4.83. The van der Waals surface area contributed by atoms with Gasteiger partial charge in [0.2, 0.25) is 0 Å². The third kappa shape index (κ3) is 3.92. The Labute approximate surface area is 117 Å². The highest BCUT2D eigenvalue weighted by atomic mass is 15.3. The van der Waals surface area contributed by atoms with Gasteiger partial charge in [0.1, 0.15) is 5.54 Å². The van der Waals surface area contributed by atoms with E-state index in [1.54, 1.807) is 0 Å². The Morgan fingerprint density at radius 1 is 1.32 bits per heavy atom. The molecule has 2 heterocycles.